The fourth-order valence-electron chi connectivity index (χ4n) is 2.96. The number of rotatable bonds is 7. The maximum atomic E-state index is 12.6. The lowest BCUT2D eigenvalue weighted by Crippen LogP contribution is -2.46. The van der Waals surface area contributed by atoms with Crippen molar-refractivity contribution in [2.45, 2.75) is 19.9 Å². The number of carbonyl (C=O) groups excluding carboxylic acids is 4. The predicted molar refractivity (Wildman–Crippen MR) is 113 cm³/mol. The molecule has 0 unspecified atom stereocenters. The monoisotopic (exact) mass is 443 g/mol. The van der Waals surface area contributed by atoms with Gasteiger partial charge in [-0.05, 0) is 42.6 Å². The summed E-state index contributed by atoms with van der Waals surface area (Å²) in [5.74, 6) is -1.49. The zero-order valence-electron chi connectivity index (χ0n) is 16.9. The fourth-order valence-corrected chi connectivity index (χ4v) is 3.75. The van der Waals surface area contributed by atoms with Crippen LogP contribution in [0.4, 0.5) is 10.5 Å². The fraction of sp³-hybridized carbons (Fsp3) is 0.238. The summed E-state index contributed by atoms with van der Waals surface area (Å²) in [5.41, 5.74) is 1.13. The molecule has 0 saturated heterocycles. The normalized spacial score (nSPS) is 15.5. The lowest BCUT2D eigenvalue weighted by Gasteiger charge is -2.28. The number of hydrogen-bond donors (Lipinski definition) is 3. The molecular weight excluding hydrogens is 422 g/mol. The van der Waals surface area contributed by atoms with Crippen molar-refractivity contribution in [3.8, 4) is 0 Å². The Morgan fingerprint density at radius 1 is 1.10 bits per heavy atom. The molecule has 0 saturated carbocycles. The number of benzene rings is 1. The van der Waals surface area contributed by atoms with Gasteiger partial charge >= 0.3 is 18.0 Å². The highest BCUT2D eigenvalue weighted by Gasteiger charge is 2.34. The summed E-state index contributed by atoms with van der Waals surface area (Å²) in [4.78, 5) is 49.1. The number of thiophene rings is 1. The van der Waals surface area contributed by atoms with Crippen LogP contribution in [0.15, 0.2) is 53.0 Å². The summed E-state index contributed by atoms with van der Waals surface area (Å²) in [5, 5.41) is 9.68. The maximum Gasteiger partial charge on any atom is 0.338 e. The number of hydrogen-bond acceptors (Lipinski definition) is 7. The van der Waals surface area contributed by atoms with Gasteiger partial charge in [-0.15, -0.1) is 11.3 Å². The van der Waals surface area contributed by atoms with Crippen LogP contribution in [0.25, 0.3) is 0 Å². The van der Waals surface area contributed by atoms with E-state index in [9.17, 15) is 19.2 Å². The second-order valence-corrected chi connectivity index (χ2v) is 7.47. The van der Waals surface area contributed by atoms with Crippen molar-refractivity contribution >= 4 is 40.9 Å². The zero-order valence-corrected chi connectivity index (χ0v) is 17.7. The van der Waals surface area contributed by atoms with Gasteiger partial charge in [0, 0.05) is 17.5 Å². The molecule has 31 heavy (non-hydrogen) atoms. The summed E-state index contributed by atoms with van der Waals surface area (Å²) in [6, 6.07) is 8.52. The van der Waals surface area contributed by atoms with Gasteiger partial charge in [0.2, 0.25) is 5.91 Å². The van der Waals surface area contributed by atoms with E-state index in [4.69, 9.17) is 9.47 Å². The predicted octanol–water partition coefficient (Wildman–Crippen LogP) is 2.73. The van der Waals surface area contributed by atoms with Gasteiger partial charge < -0.3 is 25.4 Å². The first kappa shape index (κ1) is 22.0. The molecule has 1 atom stereocenters. The van der Waals surface area contributed by atoms with Gasteiger partial charge in [-0.1, -0.05) is 6.07 Å². The van der Waals surface area contributed by atoms with E-state index in [0.29, 0.717) is 5.69 Å². The van der Waals surface area contributed by atoms with Crippen molar-refractivity contribution in [3.05, 3.63) is 63.5 Å². The summed E-state index contributed by atoms with van der Waals surface area (Å²) < 4.78 is 10.5. The van der Waals surface area contributed by atoms with Gasteiger partial charge in [-0.2, -0.15) is 0 Å². The van der Waals surface area contributed by atoms with E-state index in [-0.39, 0.29) is 36.0 Å². The lowest BCUT2D eigenvalue weighted by atomic mass is 10.0. The van der Waals surface area contributed by atoms with E-state index in [2.05, 4.69) is 16.0 Å². The minimum absolute atomic E-state index is 0.154. The van der Waals surface area contributed by atoms with Crippen LogP contribution in [-0.4, -0.2) is 37.1 Å². The Labute approximate surface area is 182 Å². The van der Waals surface area contributed by atoms with Crippen LogP contribution < -0.4 is 16.0 Å². The molecule has 10 heteroatoms. The van der Waals surface area contributed by atoms with Gasteiger partial charge in [0.25, 0.3) is 0 Å². The Bertz CT molecular complexity index is 1010. The Balaban J connectivity index is 1.81. The van der Waals surface area contributed by atoms with Crippen molar-refractivity contribution in [1.29, 1.82) is 0 Å². The lowest BCUT2D eigenvalue weighted by molar-refractivity contribution is -0.139. The Morgan fingerprint density at radius 2 is 1.84 bits per heavy atom. The molecule has 3 N–H and O–H groups in total. The third-order valence-corrected chi connectivity index (χ3v) is 5.20. The number of ether oxygens (including phenoxy) is 2. The molecule has 9 nitrogen and oxygen atoms in total. The highest BCUT2D eigenvalue weighted by molar-refractivity contribution is 7.10. The van der Waals surface area contributed by atoms with Crippen LogP contribution >= 0.6 is 11.3 Å². The molecule has 0 bridgehead atoms. The van der Waals surface area contributed by atoms with Crippen LogP contribution in [0.5, 0.6) is 0 Å². The molecule has 1 aliphatic rings. The Morgan fingerprint density at radius 3 is 2.45 bits per heavy atom. The first-order chi connectivity index (χ1) is 14.9. The first-order valence-electron chi connectivity index (χ1n) is 9.45. The quantitative estimate of drug-likeness (QED) is 0.566. The molecule has 3 rings (SSSR count). The number of anilines is 1. The average Bonchev–Trinajstić information content (AvgIpc) is 3.26. The molecule has 3 amide bonds. The number of esters is 2. The molecule has 2 aromatic rings. The topological polar surface area (TPSA) is 123 Å². The van der Waals surface area contributed by atoms with Gasteiger partial charge in [-0.3, -0.25) is 4.79 Å². The molecule has 1 aromatic heterocycles. The van der Waals surface area contributed by atoms with Crippen LogP contribution in [0.3, 0.4) is 0 Å². The number of amides is 3. The van der Waals surface area contributed by atoms with Crippen molar-refractivity contribution < 1.29 is 28.7 Å². The summed E-state index contributed by atoms with van der Waals surface area (Å²) >= 11 is 1.38. The third kappa shape index (κ3) is 5.48. The molecule has 0 radical (unpaired) electrons. The molecule has 1 aromatic carbocycles. The van der Waals surface area contributed by atoms with Crippen LogP contribution in [-0.2, 0) is 19.1 Å². The smallest absolute Gasteiger partial charge is 0.338 e. The summed E-state index contributed by atoms with van der Waals surface area (Å²) in [6.45, 7) is 2.89. The number of urea groups is 1. The van der Waals surface area contributed by atoms with E-state index in [1.54, 1.807) is 31.2 Å². The van der Waals surface area contributed by atoms with Gasteiger partial charge in [0.1, 0.15) is 6.61 Å². The minimum atomic E-state index is -0.710. The highest BCUT2D eigenvalue weighted by atomic mass is 32.1. The van der Waals surface area contributed by atoms with E-state index < -0.39 is 24.0 Å². The molecule has 0 fully saturated rings. The van der Waals surface area contributed by atoms with Crippen LogP contribution in [0.1, 0.15) is 35.1 Å². The Kier molecular flexibility index (Phi) is 7.03. The van der Waals surface area contributed by atoms with Crippen molar-refractivity contribution in [3.63, 3.8) is 0 Å². The van der Waals surface area contributed by atoms with E-state index in [0.717, 1.165) is 4.88 Å². The number of nitrogens with one attached hydrogen (secondary N) is 3. The third-order valence-electron chi connectivity index (χ3n) is 4.27. The van der Waals surface area contributed by atoms with Gasteiger partial charge in [0.05, 0.1) is 29.5 Å². The van der Waals surface area contributed by atoms with Crippen molar-refractivity contribution in [2.75, 3.05) is 18.5 Å². The Hall–Kier alpha value is -3.66. The molecule has 1 aliphatic heterocycles. The van der Waals surface area contributed by atoms with Crippen LogP contribution in [0, 0.1) is 0 Å². The van der Waals surface area contributed by atoms with E-state index in [1.165, 1.54) is 30.4 Å². The second kappa shape index (κ2) is 9.90. The maximum absolute atomic E-state index is 12.6. The minimum Gasteiger partial charge on any atom is -0.463 e. The van der Waals surface area contributed by atoms with Crippen molar-refractivity contribution in [2.24, 2.45) is 0 Å². The SMILES string of the molecule is CCOC(=O)C1=C(COC(=O)c2ccc(NC(C)=O)cc2)NC(=O)N[C@@H]1c1cccs1. The molecule has 2 heterocycles. The molecule has 0 aliphatic carbocycles. The van der Waals surface area contributed by atoms with Crippen molar-refractivity contribution in [1.82, 2.24) is 10.6 Å². The van der Waals surface area contributed by atoms with Crippen LogP contribution in [0.2, 0.25) is 0 Å². The summed E-state index contributed by atoms with van der Waals surface area (Å²) in [7, 11) is 0. The highest BCUT2D eigenvalue weighted by Crippen LogP contribution is 2.30. The van der Waals surface area contributed by atoms with E-state index in [1.807, 2.05) is 5.38 Å². The van der Waals surface area contributed by atoms with Gasteiger partial charge in [-0.25, -0.2) is 14.4 Å². The first-order valence-corrected chi connectivity index (χ1v) is 10.3. The largest absolute Gasteiger partial charge is 0.463 e. The average molecular weight is 443 g/mol. The zero-order chi connectivity index (χ0) is 22.4. The van der Waals surface area contributed by atoms with Gasteiger partial charge in [0.15, 0.2) is 0 Å². The molecular formula is C21H21N3O6S. The molecule has 0 spiro atoms. The standard InChI is InChI=1S/C21H21N3O6S/c1-3-29-20(27)17-15(23-21(28)24-18(17)16-5-4-10-31-16)11-30-19(26)13-6-8-14(9-7-13)22-12(2)25/h4-10,18H,3,11H2,1-2H3,(H,22,25)(H2,23,24,28)/t18-/m1/s1. The number of carbonyl (C=O) groups is 4. The van der Waals surface area contributed by atoms with E-state index >= 15 is 0 Å². The second-order valence-electron chi connectivity index (χ2n) is 6.49. The molecule has 162 valence electrons. The summed E-state index contributed by atoms with van der Waals surface area (Å²) in [6.07, 6.45) is 0.